The maximum absolute atomic E-state index is 5.28. The molecular formula is C8H11NO2. The van der Waals surface area contributed by atoms with E-state index in [0.29, 0.717) is 0 Å². The molecule has 0 radical (unpaired) electrons. The average Bonchev–Trinajstić information content (AvgIpc) is 2.60. The first kappa shape index (κ1) is 6.88. The highest BCUT2D eigenvalue weighted by Crippen LogP contribution is 2.09. The number of nitrogens with one attached hydrogen (secondary N) is 1. The van der Waals surface area contributed by atoms with E-state index < -0.39 is 0 Å². The third kappa shape index (κ3) is 1.61. The summed E-state index contributed by atoms with van der Waals surface area (Å²) in [6.45, 7) is 1.46. The lowest BCUT2D eigenvalue weighted by Gasteiger charge is -2.05. The van der Waals surface area contributed by atoms with Crippen LogP contribution in [0.1, 0.15) is 5.69 Å². The van der Waals surface area contributed by atoms with Crippen molar-refractivity contribution in [1.82, 2.24) is 4.98 Å². The summed E-state index contributed by atoms with van der Waals surface area (Å²) < 4.78 is 10.6. The van der Waals surface area contributed by atoms with Crippen molar-refractivity contribution in [3.05, 3.63) is 24.0 Å². The zero-order valence-electron chi connectivity index (χ0n) is 6.25. The second-order valence-corrected chi connectivity index (χ2v) is 2.57. The molecule has 1 fully saturated rings. The average molecular weight is 153 g/mol. The number of H-pyrrole nitrogens is 1. The zero-order valence-corrected chi connectivity index (χ0v) is 6.25. The SMILES string of the molecule is c1c[nH]c(CC2OCCO2)c1. The fraction of sp³-hybridized carbons (Fsp3) is 0.500. The molecule has 1 aromatic rings. The molecule has 60 valence electrons. The number of rotatable bonds is 2. The third-order valence-corrected chi connectivity index (χ3v) is 1.74. The first-order valence-corrected chi connectivity index (χ1v) is 3.80. The van der Waals surface area contributed by atoms with Gasteiger partial charge in [0.1, 0.15) is 0 Å². The summed E-state index contributed by atoms with van der Waals surface area (Å²) in [4.78, 5) is 3.10. The smallest absolute Gasteiger partial charge is 0.163 e. The van der Waals surface area contributed by atoms with Crippen LogP contribution in [0.25, 0.3) is 0 Å². The van der Waals surface area contributed by atoms with Crippen molar-refractivity contribution >= 4 is 0 Å². The summed E-state index contributed by atoms with van der Waals surface area (Å²) in [5, 5.41) is 0. The van der Waals surface area contributed by atoms with E-state index in [4.69, 9.17) is 9.47 Å². The van der Waals surface area contributed by atoms with Gasteiger partial charge in [-0.3, -0.25) is 0 Å². The standard InChI is InChI=1S/C8H11NO2/c1-2-7(9-3-1)6-8-10-4-5-11-8/h1-3,8-9H,4-6H2. The van der Waals surface area contributed by atoms with E-state index >= 15 is 0 Å². The van der Waals surface area contributed by atoms with Gasteiger partial charge in [-0.1, -0.05) is 0 Å². The molecule has 1 aliphatic heterocycles. The number of aromatic nitrogens is 1. The van der Waals surface area contributed by atoms with Gasteiger partial charge in [0.05, 0.1) is 13.2 Å². The van der Waals surface area contributed by atoms with Gasteiger partial charge in [-0.2, -0.15) is 0 Å². The van der Waals surface area contributed by atoms with Crippen LogP contribution in [-0.4, -0.2) is 24.5 Å². The highest BCUT2D eigenvalue weighted by molar-refractivity contribution is 5.04. The van der Waals surface area contributed by atoms with Crippen molar-refractivity contribution in [2.24, 2.45) is 0 Å². The lowest BCUT2D eigenvalue weighted by atomic mass is 10.3. The number of aromatic amines is 1. The normalized spacial score (nSPS) is 19.3. The molecule has 1 aliphatic rings. The Hall–Kier alpha value is -0.800. The second-order valence-electron chi connectivity index (χ2n) is 2.57. The van der Waals surface area contributed by atoms with Gasteiger partial charge < -0.3 is 14.5 Å². The predicted molar refractivity (Wildman–Crippen MR) is 40.2 cm³/mol. The van der Waals surface area contributed by atoms with Crippen LogP contribution in [0.2, 0.25) is 0 Å². The molecule has 0 amide bonds. The van der Waals surface area contributed by atoms with Gasteiger partial charge in [0.2, 0.25) is 0 Å². The summed E-state index contributed by atoms with van der Waals surface area (Å²) in [5.41, 5.74) is 1.16. The molecule has 0 aromatic carbocycles. The van der Waals surface area contributed by atoms with Crippen LogP contribution in [0.15, 0.2) is 18.3 Å². The first-order chi connectivity index (χ1) is 5.45. The van der Waals surface area contributed by atoms with Crippen LogP contribution in [0, 0.1) is 0 Å². The summed E-state index contributed by atoms with van der Waals surface area (Å²) in [6.07, 6.45) is 2.70. The quantitative estimate of drug-likeness (QED) is 0.685. The van der Waals surface area contributed by atoms with Gasteiger partial charge in [-0.25, -0.2) is 0 Å². The monoisotopic (exact) mass is 153 g/mol. The highest BCUT2D eigenvalue weighted by atomic mass is 16.7. The molecule has 1 saturated heterocycles. The van der Waals surface area contributed by atoms with Gasteiger partial charge in [0.15, 0.2) is 6.29 Å². The minimum Gasteiger partial charge on any atom is -0.365 e. The van der Waals surface area contributed by atoms with Crippen LogP contribution >= 0.6 is 0 Å². The van der Waals surface area contributed by atoms with Crippen LogP contribution < -0.4 is 0 Å². The molecule has 0 bridgehead atoms. The fourth-order valence-electron chi connectivity index (χ4n) is 1.20. The van der Waals surface area contributed by atoms with Crippen molar-refractivity contribution in [3.8, 4) is 0 Å². The van der Waals surface area contributed by atoms with Crippen molar-refractivity contribution in [1.29, 1.82) is 0 Å². The van der Waals surface area contributed by atoms with E-state index in [9.17, 15) is 0 Å². The van der Waals surface area contributed by atoms with Crippen molar-refractivity contribution in [2.45, 2.75) is 12.7 Å². The van der Waals surface area contributed by atoms with E-state index in [1.165, 1.54) is 0 Å². The summed E-state index contributed by atoms with van der Waals surface area (Å²) in [5.74, 6) is 0. The summed E-state index contributed by atoms with van der Waals surface area (Å²) in [6, 6.07) is 4.01. The molecule has 0 spiro atoms. The molecule has 0 aliphatic carbocycles. The topological polar surface area (TPSA) is 34.2 Å². The highest BCUT2D eigenvalue weighted by Gasteiger charge is 2.16. The molecule has 1 N–H and O–H groups in total. The molecule has 2 heterocycles. The number of hydrogen-bond acceptors (Lipinski definition) is 2. The molecule has 0 atom stereocenters. The molecule has 1 aromatic heterocycles. The van der Waals surface area contributed by atoms with E-state index in [-0.39, 0.29) is 6.29 Å². The second kappa shape index (κ2) is 3.07. The van der Waals surface area contributed by atoms with E-state index in [1.807, 2.05) is 18.3 Å². The Bertz CT molecular complexity index is 202. The van der Waals surface area contributed by atoms with Crippen LogP contribution in [-0.2, 0) is 15.9 Å². The van der Waals surface area contributed by atoms with Crippen molar-refractivity contribution in [3.63, 3.8) is 0 Å². The van der Waals surface area contributed by atoms with Gasteiger partial charge in [-0.05, 0) is 12.1 Å². The number of ether oxygens (including phenoxy) is 2. The minimum atomic E-state index is -0.0337. The summed E-state index contributed by atoms with van der Waals surface area (Å²) in [7, 11) is 0. The molecule has 3 nitrogen and oxygen atoms in total. The Kier molecular flexibility index (Phi) is 1.92. The van der Waals surface area contributed by atoms with Crippen LogP contribution in [0.4, 0.5) is 0 Å². The van der Waals surface area contributed by atoms with Gasteiger partial charge in [-0.15, -0.1) is 0 Å². The lowest BCUT2D eigenvalue weighted by Crippen LogP contribution is -2.11. The van der Waals surface area contributed by atoms with E-state index in [1.54, 1.807) is 0 Å². The minimum absolute atomic E-state index is 0.0337. The first-order valence-electron chi connectivity index (χ1n) is 3.80. The Labute approximate surface area is 65.3 Å². The largest absolute Gasteiger partial charge is 0.365 e. The van der Waals surface area contributed by atoms with Gasteiger partial charge >= 0.3 is 0 Å². The Morgan fingerprint density at radius 2 is 2.27 bits per heavy atom. The Balaban J connectivity index is 1.90. The van der Waals surface area contributed by atoms with Crippen molar-refractivity contribution in [2.75, 3.05) is 13.2 Å². The molecular weight excluding hydrogens is 142 g/mol. The van der Waals surface area contributed by atoms with E-state index in [0.717, 1.165) is 25.3 Å². The lowest BCUT2D eigenvalue weighted by molar-refractivity contribution is -0.0405. The van der Waals surface area contributed by atoms with Crippen LogP contribution in [0.5, 0.6) is 0 Å². The van der Waals surface area contributed by atoms with E-state index in [2.05, 4.69) is 4.98 Å². The third-order valence-electron chi connectivity index (χ3n) is 1.74. The fourth-order valence-corrected chi connectivity index (χ4v) is 1.20. The maximum atomic E-state index is 5.28. The molecule has 11 heavy (non-hydrogen) atoms. The Morgan fingerprint density at radius 1 is 1.45 bits per heavy atom. The molecule has 0 unspecified atom stereocenters. The maximum Gasteiger partial charge on any atom is 0.163 e. The van der Waals surface area contributed by atoms with Gasteiger partial charge in [0, 0.05) is 18.3 Å². The number of hydrogen-bond donors (Lipinski definition) is 1. The van der Waals surface area contributed by atoms with Crippen LogP contribution in [0.3, 0.4) is 0 Å². The molecule has 0 saturated carbocycles. The molecule has 3 heteroatoms. The Morgan fingerprint density at radius 3 is 2.91 bits per heavy atom. The molecule has 2 rings (SSSR count). The van der Waals surface area contributed by atoms with Gasteiger partial charge in [0.25, 0.3) is 0 Å². The zero-order chi connectivity index (χ0) is 7.52. The van der Waals surface area contributed by atoms with Crippen molar-refractivity contribution < 1.29 is 9.47 Å². The predicted octanol–water partition coefficient (Wildman–Crippen LogP) is 0.930. The summed E-state index contributed by atoms with van der Waals surface area (Å²) >= 11 is 0.